The monoisotopic (exact) mass is 342 g/mol. The number of H-pyrrole nitrogens is 1. The first kappa shape index (κ1) is 17.8. The van der Waals surface area contributed by atoms with E-state index in [4.69, 9.17) is 0 Å². The van der Waals surface area contributed by atoms with Crippen molar-refractivity contribution in [1.29, 1.82) is 0 Å². The number of nitrogens with one attached hydrogen (secondary N) is 2. The third-order valence-corrected chi connectivity index (χ3v) is 4.96. The van der Waals surface area contributed by atoms with Crippen LogP contribution in [0.5, 0.6) is 0 Å². The van der Waals surface area contributed by atoms with Gasteiger partial charge in [-0.15, -0.1) is 0 Å². The number of aromatic nitrogens is 1. The third kappa shape index (κ3) is 4.34. The summed E-state index contributed by atoms with van der Waals surface area (Å²) >= 11 is 0. The van der Waals surface area contributed by atoms with Gasteiger partial charge in [-0.1, -0.05) is 13.8 Å². The van der Waals surface area contributed by atoms with Crippen LogP contribution in [0.4, 0.5) is 10.5 Å². The minimum atomic E-state index is 0.0230. The van der Waals surface area contributed by atoms with Crippen LogP contribution in [0.2, 0.25) is 0 Å². The van der Waals surface area contributed by atoms with Crippen molar-refractivity contribution in [2.75, 3.05) is 32.0 Å². The number of hydrogen-bond acceptors (Lipinski definition) is 2. The van der Waals surface area contributed by atoms with Gasteiger partial charge in [0.15, 0.2) is 0 Å². The quantitative estimate of drug-likeness (QED) is 0.880. The summed E-state index contributed by atoms with van der Waals surface area (Å²) in [5.74, 6) is 0.459. The van der Waals surface area contributed by atoms with Crippen LogP contribution >= 0.6 is 0 Å². The Balaban J connectivity index is 1.73. The van der Waals surface area contributed by atoms with Crippen LogP contribution in [0.3, 0.4) is 0 Å². The summed E-state index contributed by atoms with van der Waals surface area (Å²) in [6, 6.07) is 8.50. The molecule has 0 radical (unpaired) electrons. The summed E-state index contributed by atoms with van der Waals surface area (Å²) in [7, 11) is 2.15. The SMILES string of the molecule is Cc1cc2cc(NC(=O)N(CC(C)C)C3CCN(C)CC3)ccc2[nH]1. The van der Waals surface area contributed by atoms with Gasteiger partial charge in [-0.05, 0) is 70.1 Å². The lowest BCUT2D eigenvalue weighted by atomic mass is 10.0. The molecule has 1 aliphatic heterocycles. The Morgan fingerprint density at radius 3 is 2.72 bits per heavy atom. The maximum Gasteiger partial charge on any atom is 0.322 e. The lowest BCUT2D eigenvalue weighted by Crippen LogP contribution is -2.49. The second-order valence-corrected chi connectivity index (χ2v) is 7.77. The van der Waals surface area contributed by atoms with Gasteiger partial charge in [0.25, 0.3) is 0 Å². The molecule has 1 fully saturated rings. The smallest absolute Gasteiger partial charge is 0.322 e. The largest absolute Gasteiger partial charge is 0.359 e. The molecule has 5 nitrogen and oxygen atoms in total. The summed E-state index contributed by atoms with van der Waals surface area (Å²) in [4.78, 5) is 20.7. The highest BCUT2D eigenvalue weighted by molar-refractivity contribution is 5.93. The minimum Gasteiger partial charge on any atom is -0.359 e. The molecule has 0 unspecified atom stereocenters. The number of urea groups is 1. The zero-order chi connectivity index (χ0) is 18.0. The number of aromatic amines is 1. The topological polar surface area (TPSA) is 51.4 Å². The molecule has 1 aromatic carbocycles. The van der Waals surface area contributed by atoms with Gasteiger partial charge in [-0.25, -0.2) is 4.79 Å². The molecule has 136 valence electrons. The first-order chi connectivity index (χ1) is 11.9. The lowest BCUT2D eigenvalue weighted by Gasteiger charge is -2.38. The fourth-order valence-electron chi connectivity index (χ4n) is 3.65. The molecular weight excluding hydrogens is 312 g/mol. The summed E-state index contributed by atoms with van der Waals surface area (Å²) in [5, 5.41) is 4.25. The second-order valence-electron chi connectivity index (χ2n) is 7.77. The van der Waals surface area contributed by atoms with E-state index in [0.29, 0.717) is 12.0 Å². The van der Waals surface area contributed by atoms with Crippen LogP contribution in [-0.2, 0) is 0 Å². The minimum absolute atomic E-state index is 0.0230. The first-order valence-electron chi connectivity index (χ1n) is 9.28. The number of carbonyl (C=O) groups excluding carboxylic acids is 1. The lowest BCUT2D eigenvalue weighted by molar-refractivity contribution is 0.131. The Morgan fingerprint density at radius 2 is 2.04 bits per heavy atom. The van der Waals surface area contributed by atoms with Crippen molar-refractivity contribution in [3.8, 4) is 0 Å². The standard InChI is InChI=1S/C20H30N4O/c1-14(2)13-24(18-7-9-23(4)10-8-18)20(25)22-17-5-6-19-16(12-17)11-15(3)21-19/h5-6,11-12,14,18,21H,7-10,13H2,1-4H3,(H,22,25). The molecule has 1 aliphatic rings. The van der Waals surface area contributed by atoms with Crippen molar-refractivity contribution in [2.24, 2.45) is 5.92 Å². The van der Waals surface area contributed by atoms with Crippen molar-refractivity contribution < 1.29 is 4.79 Å². The fourth-order valence-corrected chi connectivity index (χ4v) is 3.65. The molecule has 2 heterocycles. The maximum atomic E-state index is 13.0. The van der Waals surface area contributed by atoms with Crippen molar-refractivity contribution >= 4 is 22.6 Å². The van der Waals surface area contributed by atoms with E-state index >= 15 is 0 Å². The van der Waals surface area contributed by atoms with Crippen LogP contribution in [0.15, 0.2) is 24.3 Å². The average molecular weight is 342 g/mol. The van der Waals surface area contributed by atoms with Gasteiger partial charge in [0.1, 0.15) is 0 Å². The number of anilines is 1. The number of fused-ring (bicyclic) bond motifs is 1. The highest BCUT2D eigenvalue weighted by atomic mass is 16.2. The van der Waals surface area contributed by atoms with E-state index in [-0.39, 0.29) is 6.03 Å². The highest BCUT2D eigenvalue weighted by Gasteiger charge is 2.27. The Hall–Kier alpha value is -2.01. The molecule has 0 aliphatic carbocycles. The van der Waals surface area contributed by atoms with Gasteiger partial charge in [0, 0.05) is 34.9 Å². The Kier molecular flexibility index (Phi) is 5.33. The predicted molar refractivity (Wildman–Crippen MR) is 104 cm³/mol. The zero-order valence-corrected chi connectivity index (χ0v) is 15.8. The molecule has 2 N–H and O–H groups in total. The number of benzene rings is 1. The van der Waals surface area contributed by atoms with Gasteiger partial charge >= 0.3 is 6.03 Å². The number of likely N-dealkylation sites (tertiary alicyclic amines) is 1. The number of carbonyl (C=O) groups is 1. The van der Waals surface area contributed by atoms with E-state index in [0.717, 1.165) is 54.8 Å². The summed E-state index contributed by atoms with van der Waals surface area (Å²) in [6.07, 6.45) is 2.10. The predicted octanol–water partition coefficient (Wildman–Crippen LogP) is 4.06. The summed E-state index contributed by atoms with van der Waals surface area (Å²) < 4.78 is 0. The summed E-state index contributed by atoms with van der Waals surface area (Å²) in [5.41, 5.74) is 3.09. The fraction of sp³-hybridized carbons (Fsp3) is 0.550. The molecule has 2 aromatic rings. The number of rotatable bonds is 4. The maximum absolute atomic E-state index is 13.0. The molecular formula is C20H30N4O. The van der Waals surface area contributed by atoms with E-state index in [1.54, 1.807) is 0 Å². The van der Waals surface area contributed by atoms with E-state index in [1.807, 2.05) is 30.0 Å². The molecule has 5 heteroatoms. The normalized spacial score (nSPS) is 16.5. The molecule has 1 saturated heterocycles. The molecule has 0 bridgehead atoms. The number of aryl methyl sites for hydroxylation is 1. The molecule has 25 heavy (non-hydrogen) atoms. The second kappa shape index (κ2) is 7.48. The highest BCUT2D eigenvalue weighted by Crippen LogP contribution is 2.22. The van der Waals surface area contributed by atoms with Gasteiger partial charge in [-0.2, -0.15) is 0 Å². The van der Waals surface area contributed by atoms with Crippen LogP contribution in [0.25, 0.3) is 10.9 Å². The molecule has 0 atom stereocenters. The average Bonchev–Trinajstić information content (AvgIpc) is 2.92. The van der Waals surface area contributed by atoms with E-state index in [2.05, 4.69) is 42.2 Å². The molecule has 1 aromatic heterocycles. The van der Waals surface area contributed by atoms with Crippen molar-refractivity contribution in [3.63, 3.8) is 0 Å². The van der Waals surface area contributed by atoms with E-state index in [1.165, 1.54) is 0 Å². The van der Waals surface area contributed by atoms with Crippen LogP contribution in [0, 0.1) is 12.8 Å². The number of amides is 2. The van der Waals surface area contributed by atoms with Crippen LogP contribution in [-0.4, -0.2) is 53.5 Å². The number of hydrogen-bond donors (Lipinski definition) is 2. The first-order valence-corrected chi connectivity index (χ1v) is 9.28. The van der Waals surface area contributed by atoms with Gasteiger partial charge < -0.3 is 20.1 Å². The van der Waals surface area contributed by atoms with Crippen molar-refractivity contribution in [1.82, 2.24) is 14.8 Å². The molecule has 0 spiro atoms. The van der Waals surface area contributed by atoms with Crippen LogP contribution < -0.4 is 5.32 Å². The zero-order valence-electron chi connectivity index (χ0n) is 15.8. The van der Waals surface area contributed by atoms with Gasteiger partial charge in [0.2, 0.25) is 0 Å². The van der Waals surface area contributed by atoms with Crippen LogP contribution in [0.1, 0.15) is 32.4 Å². The Labute approximate surface area is 150 Å². The molecule has 0 saturated carbocycles. The van der Waals surface area contributed by atoms with Gasteiger partial charge in [0.05, 0.1) is 0 Å². The van der Waals surface area contributed by atoms with Crippen molar-refractivity contribution in [3.05, 3.63) is 30.0 Å². The van der Waals surface area contributed by atoms with E-state index < -0.39 is 0 Å². The third-order valence-electron chi connectivity index (χ3n) is 4.96. The van der Waals surface area contributed by atoms with Crippen molar-refractivity contribution in [2.45, 2.75) is 39.7 Å². The summed E-state index contributed by atoms with van der Waals surface area (Å²) in [6.45, 7) is 9.30. The number of nitrogens with zero attached hydrogens (tertiary/aromatic N) is 2. The Bertz CT molecular complexity index is 728. The van der Waals surface area contributed by atoms with E-state index in [9.17, 15) is 4.79 Å². The Morgan fingerprint density at radius 1 is 1.32 bits per heavy atom. The molecule has 2 amide bonds. The number of piperidine rings is 1. The molecule has 3 rings (SSSR count). The van der Waals surface area contributed by atoms with Gasteiger partial charge in [-0.3, -0.25) is 0 Å².